The molecule has 1 heterocycles. The number of pyridine rings is 1. The second kappa shape index (κ2) is 5.45. The maximum Gasteiger partial charge on any atom is 0.224 e. The molecule has 0 fully saturated rings. The van der Waals surface area contributed by atoms with E-state index in [0.29, 0.717) is 6.54 Å². The van der Waals surface area contributed by atoms with Gasteiger partial charge in [0.1, 0.15) is 0 Å². The van der Waals surface area contributed by atoms with Gasteiger partial charge in [0.25, 0.3) is 0 Å². The van der Waals surface area contributed by atoms with Gasteiger partial charge in [0.05, 0.1) is 5.52 Å². The first kappa shape index (κ1) is 12.9. The van der Waals surface area contributed by atoms with E-state index in [2.05, 4.69) is 47.6 Å². The summed E-state index contributed by atoms with van der Waals surface area (Å²) in [6, 6.07) is 8.14. The molecule has 0 saturated carbocycles. The van der Waals surface area contributed by atoms with Crippen LogP contribution in [0.5, 0.6) is 0 Å². The molecule has 0 radical (unpaired) electrons. The molecule has 0 unspecified atom stereocenters. The second-order valence-electron chi connectivity index (χ2n) is 5.30. The van der Waals surface area contributed by atoms with Crippen molar-refractivity contribution in [1.82, 2.24) is 10.3 Å². The summed E-state index contributed by atoms with van der Waals surface area (Å²) in [6.07, 6.45) is 7.69. The van der Waals surface area contributed by atoms with E-state index >= 15 is 0 Å². The topological polar surface area (TPSA) is 42.0 Å². The van der Waals surface area contributed by atoms with Crippen LogP contribution in [0.15, 0.2) is 42.6 Å². The van der Waals surface area contributed by atoms with Crippen LogP contribution in [0.4, 0.5) is 0 Å². The summed E-state index contributed by atoms with van der Waals surface area (Å²) >= 11 is 0. The summed E-state index contributed by atoms with van der Waals surface area (Å²) in [6.45, 7) is 2.62. The molecule has 102 valence electrons. The van der Waals surface area contributed by atoms with E-state index in [-0.39, 0.29) is 11.8 Å². The minimum atomic E-state index is 0.116. The molecule has 0 atom stereocenters. The lowest BCUT2D eigenvalue weighted by molar-refractivity contribution is -0.124. The number of fused-ring (bicyclic) bond motifs is 1. The third-order valence-electron chi connectivity index (χ3n) is 3.89. The first-order valence-corrected chi connectivity index (χ1v) is 7.01. The van der Waals surface area contributed by atoms with Gasteiger partial charge in [-0.25, -0.2) is 0 Å². The molecule has 1 aliphatic rings. The fourth-order valence-corrected chi connectivity index (χ4v) is 2.69. The number of carbonyl (C=O) groups excluding carboxylic acids is 1. The number of carbonyl (C=O) groups is 1. The zero-order valence-corrected chi connectivity index (χ0v) is 11.6. The second-order valence-corrected chi connectivity index (χ2v) is 5.30. The Morgan fingerprint density at radius 3 is 2.90 bits per heavy atom. The Balaban J connectivity index is 1.78. The van der Waals surface area contributed by atoms with E-state index in [1.165, 1.54) is 0 Å². The van der Waals surface area contributed by atoms with Gasteiger partial charge in [-0.2, -0.15) is 0 Å². The van der Waals surface area contributed by atoms with E-state index in [1.54, 1.807) is 0 Å². The highest BCUT2D eigenvalue weighted by atomic mass is 16.1. The Hall–Kier alpha value is -2.16. The molecule has 20 heavy (non-hydrogen) atoms. The van der Waals surface area contributed by atoms with Gasteiger partial charge in [-0.1, -0.05) is 30.4 Å². The number of nitrogens with one attached hydrogen (secondary N) is 1. The van der Waals surface area contributed by atoms with Crippen molar-refractivity contribution >= 4 is 16.8 Å². The van der Waals surface area contributed by atoms with Crippen LogP contribution in [0, 0.1) is 12.8 Å². The predicted molar refractivity (Wildman–Crippen MR) is 80.2 cm³/mol. The minimum absolute atomic E-state index is 0.116. The molecule has 1 aromatic carbocycles. The van der Waals surface area contributed by atoms with Gasteiger partial charge in [0.15, 0.2) is 0 Å². The molecule has 0 aliphatic heterocycles. The van der Waals surface area contributed by atoms with Crippen molar-refractivity contribution in [2.45, 2.75) is 26.3 Å². The van der Waals surface area contributed by atoms with Crippen molar-refractivity contribution in [3.05, 3.63) is 53.7 Å². The molecular formula is C17H18N2O. The third kappa shape index (κ3) is 2.44. The first-order valence-electron chi connectivity index (χ1n) is 7.01. The van der Waals surface area contributed by atoms with Gasteiger partial charge in [-0.05, 0) is 37.0 Å². The zero-order chi connectivity index (χ0) is 13.9. The molecule has 1 amide bonds. The van der Waals surface area contributed by atoms with Crippen molar-refractivity contribution in [2.24, 2.45) is 5.92 Å². The Bertz CT molecular complexity index is 668. The average Bonchev–Trinajstić information content (AvgIpc) is 3.01. The Kier molecular flexibility index (Phi) is 3.50. The molecule has 0 bridgehead atoms. The standard InChI is InChI=1S/C17H18N2O/c1-12-8-9-14(15-7-4-10-18-16(12)15)11-19-17(20)13-5-2-3-6-13/h2-4,7-10,13H,5-6,11H2,1H3,(H,19,20). The average molecular weight is 266 g/mol. The highest BCUT2D eigenvalue weighted by Crippen LogP contribution is 2.21. The highest BCUT2D eigenvalue weighted by molar-refractivity contribution is 5.85. The van der Waals surface area contributed by atoms with Crippen LogP contribution in [0.3, 0.4) is 0 Å². The number of allylic oxidation sites excluding steroid dienone is 2. The van der Waals surface area contributed by atoms with Gasteiger partial charge in [0.2, 0.25) is 5.91 Å². The first-order chi connectivity index (χ1) is 9.75. The van der Waals surface area contributed by atoms with Gasteiger partial charge in [-0.3, -0.25) is 9.78 Å². The molecule has 3 heteroatoms. The van der Waals surface area contributed by atoms with Crippen molar-refractivity contribution in [3.8, 4) is 0 Å². The summed E-state index contributed by atoms with van der Waals surface area (Å²) in [5, 5.41) is 4.17. The number of nitrogens with zero attached hydrogens (tertiary/aromatic N) is 1. The van der Waals surface area contributed by atoms with Gasteiger partial charge < -0.3 is 5.32 Å². The summed E-state index contributed by atoms with van der Waals surface area (Å²) in [5.74, 6) is 0.262. The molecule has 1 N–H and O–H groups in total. The number of hydrogen-bond donors (Lipinski definition) is 1. The van der Waals surface area contributed by atoms with E-state index in [1.807, 2.05) is 12.3 Å². The van der Waals surface area contributed by atoms with E-state index in [4.69, 9.17) is 0 Å². The molecule has 3 nitrogen and oxygen atoms in total. The molecule has 1 aromatic heterocycles. The molecular weight excluding hydrogens is 248 g/mol. The van der Waals surface area contributed by atoms with Crippen molar-refractivity contribution in [2.75, 3.05) is 0 Å². The normalized spacial score (nSPS) is 14.8. The number of aromatic nitrogens is 1. The van der Waals surface area contributed by atoms with Crippen molar-refractivity contribution < 1.29 is 4.79 Å². The smallest absolute Gasteiger partial charge is 0.224 e. The lowest BCUT2D eigenvalue weighted by Crippen LogP contribution is -2.29. The lowest BCUT2D eigenvalue weighted by Gasteiger charge is -2.12. The van der Waals surface area contributed by atoms with Crippen LogP contribution in [0.1, 0.15) is 24.0 Å². The Labute approximate surface area is 118 Å². The Morgan fingerprint density at radius 2 is 2.10 bits per heavy atom. The summed E-state index contributed by atoms with van der Waals surface area (Å²) in [5.41, 5.74) is 3.30. The fraction of sp³-hybridized carbons (Fsp3) is 0.294. The van der Waals surface area contributed by atoms with Crippen LogP contribution in [0.2, 0.25) is 0 Å². The molecule has 1 aliphatic carbocycles. The van der Waals surface area contributed by atoms with Crippen molar-refractivity contribution in [3.63, 3.8) is 0 Å². The maximum absolute atomic E-state index is 12.1. The number of hydrogen-bond acceptors (Lipinski definition) is 2. The molecule has 2 aromatic rings. The highest BCUT2D eigenvalue weighted by Gasteiger charge is 2.18. The Morgan fingerprint density at radius 1 is 1.30 bits per heavy atom. The van der Waals surface area contributed by atoms with E-state index in [0.717, 1.165) is 34.9 Å². The van der Waals surface area contributed by atoms with E-state index < -0.39 is 0 Å². The summed E-state index contributed by atoms with van der Waals surface area (Å²) in [4.78, 5) is 16.5. The van der Waals surface area contributed by atoms with Gasteiger partial charge >= 0.3 is 0 Å². The van der Waals surface area contributed by atoms with Crippen LogP contribution < -0.4 is 5.32 Å². The molecule has 0 spiro atoms. The predicted octanol–water partition coefficient (Wildman–Crippen LogP) is 3.13. The number of amides is 1. The van der Waals surface area contributed by atoms with Crippen molar-refractivity contribution in [1.29, 1.82) is 0 Å². The minimum Gasteiger partial charge on any atom is -0.352 e. The fourth-order valence-electron chi connectivity index (χ4n) is 2.69. The van der Waals surface area contributed by atoms with Crippen LogP contribution >= 0.6 is 0 Å². The van der Waals surface area contributed by atoms with Crippen LogP contribution in [0.25, 0.3) is 10.9 Å². The summed E-state index contributed by atoms with van der Waals surface area (Å²) < 4.78 is 0. The third-order valence-corrected chi connectivity index (χ3v) is 3.89. The van der Waals surface area contributed by atoms with Gasteiger partial charge in [-0.15, -0.1) is 0 Å². The van der Waals surface area contributed by atoms with E-state index in [9.17, 15) is 4.79 Å². The van der Waals surface area contributed by atoms with Gasteiger partial charge in [0, 0.05) is 24.0 Å². The zero-order valence-electron chi connectivity index (χ0n) is 11.6. The van der Waals surface area contributed by atoms with Crippen LogP contribution in [-0.4, -0.2) is 10.9 Å². The quantitative estimate of drug-likeness (QED) is 0.867. The number of rotatable bonds is 3. The number of benzene rings is 1. The number of aryl methyl sites for hydroxylation is 1. The molecule has 3 rings (SSSR count). The monoisotopic (exact) mass is 266 g/mol. The largest absolute Gasteiger partial charge is 0.352 e. The SMILES string of the molecule is Cc1ccc(CNC(=O)C2CC=CC2)c2cccnc12. The lowest BCUT2D eigenvalue weighted by atomic mass is 10.0. The van der Waals surface area contributed by atoms with Crippen LogP contribution in [-0.2, 0) is 11.3 Å². The summed E-state index contributed by atoms with van der Waals surface area (Å²) in [7, 11) is 0. The molecule has 0 saturated heterocycles. The maximum atomic E-state index is 12.1.